The number of hydrogen-bond donors (Lipinski definition) is 2. The molecule has 0 radical (unpaired) electrons. The minimum absolute atomic E-state index is 0.318. The Hall–Kier alpha value is -1.37. The van der Waals surface area contributed by atoms with Crippen molar-refractivity contribution in [3.05, 3.63) is 23.8 Å². The number of primary amides is 1. The molecule has 2 N–H and O–H groups in total. The van der Waals surface area contributed by atoms with Crippen LogP contribution in [0.3, 0.4) is 0 Å². The van der Waals surface area contributed by atoms with Crippen LogP contribution in [0.25, 0.3) is 0 Å². The average Bonchev–Trinajstić information content (AvgIpc) is 2.05. The number of rotatable bonds is 2. The molecule has 0 aliphatic heterocycles. The highest BCUT2D eigenvalue weighted by Crippen LogP contribution is 2.27. The Labute approximate surface area is 88.4 Å². The van der Waals surface area contributed by atoms with Gasteiger partial charge in [-0.25, -0.2) is 0 Å². The summed E-state index contributed by atoms with van der Waals surface area (Å²) < 4.78 is 39.3. The molecule has 0 atom stereocenters. The standard InChI is InChI=1S/C8H6F3NO2S/c9-8(10,11)14-6-2-1-4(15)3-5(6)7(12)13/h1-3,15H,(H2,12,13). The fourth-order valence-corrected chi connectivity index (χ4v) is 1.13. The Morgan fingerprint density at radius 1 is 1.40 bits per heavy atom. The van der Waals surface area contributed by atoms with Gasteiger partial charge >= 0.3 is 6.36 Å². The molecule has 7 heteroatoms. The van der Waals surface area contributed by atoms with Gasteiger partial charge in [-0.3, -0.25) is 4.79 Å². The lowest BCUT2D eigenvalue weighted by Crippen LogP contribution is -2.21. The van der Waals surface area contributed by atoms with E-state index in [1.807, 2.05) is 0 Å². The Balaban J connectivity index is 3.12. The molecule has 1 aromatic carbocycles. The van der Waals surface area contributed by atoms with Gasteiger partial charge in [-0.1, -0.05) is 0 Å². The molecule has 1 amide bonds. The minimum Gasteiger partial charge on any atom is -0.405 e. The SMILES string of the molecule is NC(=O)c1cc(S)ccc1OC(F)(F)F. The van der Waals surface area contributed by atoms with Crippen LogP contribution in [-0.4, -0.2) is 12.3 Å². The van der Waals surface area contributed by atoms with Crippen molar-refractivity contribution in [1.29, 1.82) is 0 Å². The van der Waals surface area contributed by atoms with Crippen molar-refractivity contribution in [3.8, 4) is 5.75 Å². The molecule has 0 aromatic heterocycles. The summed E-state index contributed by atoms with van der Waals surface area (Å²) in [5.74, 6) is -1.64. The lowest BCUT2D eigenvalue weighted by atomic mass is 10.2. The number of amides is 1. The molecule has 0 unspecified atom stereocenters. The number of carbonyl (C=O) groups is 1. The quantitative estimate of drug-likeness (QED) is 0.772. The molecule has 0 bridgehead atoms. The lowest BCUT2D eigenvalue weighted by molar-refractivity contribution is -0.274. The summed E-state index contributed by atoms with van der Waals surface area (Å²) in [5, 5.41) is 0. The summed E-state index contributed by atoms with van der Waals surface area (Å²) in [7, 11) is 0. The molecule has 0 aliphatic rings. The number of thiol groups is 1. The van der Waals surface area contributed by atoms with Crippen molar-refractivity contribution in [2.75, 3.05) is 0 Å². The first kappa shape index (κ1) is 11.7. The number of ether oxygens (including phenoxy) is 1. The van der Waals surface area contributed by atoms with Crippen LogP contribution in [0.4, 0.5) is 13.2 Å². The third-order valence-electron chi connectivity index (χ3n) is 1.45. The van der Waals surface area contributed by atoms with Crippen LogP contribution in [0.5, 0.6) is 5.75 Å². The molecule has 82 valence electrons. The van der Waals surface area contributed by atoms with Crippen molar-refractivity contribution < 1.29 is 22.7 Å². The maximum atomic E-state index is 11.9. The van der Waals surface area contributed by atoms with E-state index in [0.29, 0.717) is 4.90 Å². The molecule has 15 heavy (non-hydrogen) atoms. The molecular formula is C8H6F3NO2S. The Kier molecular flexibility index (Phi) is 3.13. The van der Waals surface area contributed by atoms with Crippen LogP contribution in [0.1, 0.15) is 10.4 Å². The third kappa shape index (κ3) is 3.35. The zero-order valence-electron chi connectivity index (χ0n) is 7.21. The first-order valence-electron chi connectivity index (χ1n) is 3.68. The number of halogens is 3. The first-order valence-corrected chi connectivity index (χ1v) is 4.13. The molecule has 0 saturated carbocycles. The van der Waals surface area contributed by atoms with Crippen molar-refractivity contribution in [2.24, 2.45) is 5.73 Å². The van der Waals surface area contributed by atoms with E-state index in [4.69, 9.17) is 5.73 Å². The van der Waals surface area contributed by atoms with Gasteiger partial charge in [0.15, 0.2) is 0 Å². The maximum absolute atomic E-state index is 11.9. The van der Waals surface area contributed by atoms with Gasteiger partial charge in [0, 0.05) is 4.90 Å². The summed E-state index contributed by atoms with van der Waals surface area (Å²) in [6.45, 7) is 0. The molecular weight excluding hydrogens is 231 g/mol. The van der Waals surface area contributed by atoms with Gasteiger partial charge in [0.2, 0.25) is 0 Å². The van der Waals surface area contributed by atoms with Crippen LogP contribution in [0.2, 0.25) is 0 Å². The summed E-state index contributed by atoms with van der Waals surface area (Å²) in [4.78, 5) is 11.1. The smallest absolute Gasteiger partial charge is 0.405 e. The van der Waals surface area contributed by atoms with Crippen LogP contribution < -0.4 is 10.5 Å². The van der Waals surface area contributed by atoms with Gasteiger partial charge in [0.25, 0.3) is 5.91 Å². The number of benzene rings is 1. The van der Waals surface area contributed by atoms with Gasteiger partial charge in [0.1, 0.15) is 5.75 Å². The fraction of sp³-hybridized carbons (Fsp3) is 0.125. The fourth-order valence-electron chi connectivity index (χ4n) is 0.924. The van der Waals surface area contributed by atoms with Crippen LogP contribution >= 0.6 is 12.6 Å². The predicted octanol–water partition coefficient (Wildman–Crippen LogP) is 1.97. The van der Waals surface area contributed by atoms with Crippen molar-refractivity contribution in [1.82, 2.24) is 0 Å². The van der Waals surface area contributed by atoms with Crippen LogP contribution in [0.15, 0.2) is 23.1 Å². The van der Waals surface area contributed by atoms with E-state index < -0.39 is 18.0 Å². The van der Waals surface area contributed by atoms with Gasteiger partial charge in [-0.05, 0) is 18.2 Å². The van der Waals surface area contributed by atoms with Crippen molar-refractivity contribution in [3.63, 3.8) is 0 Å². The minimum atomic E-state index is -4.86. The molecule has 0 saturated heterocycles. The number of hydrogen-bond acceptors (Lipinski definition) is 3. The second-order valence-corrected chi connectivity index (χ2v) is 3.11. The molecule has 0 fully saturated rings. The summed E-state index contributed by atoms with van der Waals surface area (Å²) >= 11 is 3.86. The number of nitrogens with two attached hydrogens (primary N) is 1. The van der Waals surface area contributed by atoms with Gasteiger partial charge in [0.05, 0.1) is 5.56 Å². The number of alkyl halides is 3. The molecule has 0 aliphatic carbocycles. The van der Waals surface area contributed by atoms with Gasteiger partial charge in [-0.15, -0.1) is 25.8 Å². The topological polar surface area (TPSA) is 52.3 Å². The Morgan fingerprint density at radius 3 is 2.47 bits per heavy atom. The highest BCUT2D eigenvalue weighted by atomic mass is 32.1. The molecule has 3 nitrogen and oxygen atoms in total. The van der Waals surface area contributed by atoms with Crippen molar-refractivity contribution in [2.45, 2.75) is 11.3 Å². The van der Waals surface area contributed by atoms with E-state index >= 15 is 0 Å². The van der Waals surface area contributed by atoms with E-state index in [0.717, 1.165) is 12.1 Å². The van der Waals surface area contributed by atoms with Gasteiger partial charge in [-0.2, -0.15) is 0 Å². The first-order chi connectivity index (χ1) is 6.79. The van der Waals surface area contributed by atoms with E-state index in [1.165, 1.54) is 6.07 Å². The molecule has 1 aromatic rings. The van der Waals surface area contributed by atoms with Gasteiger partial charge < -0.3 is 10.5 Å². The highest BCUT2D eigenvalue weighted by molar-refractivity contribution is 7.80. The summed E-state index contributed by atoms with van der Waals surface area (Å²) in [6, 6.07) is 3.35. The van der Waals surface area contributed by atoms with Crippen molar-refractivity contribution >= 4 is 18.5 Å². The molecule has 0 heterocycles. The zero-order chi connectivity index (χ0) is 11.6. The third-order valence-corrected chi connectivity index (χ3v) is 1.73. The monoisotopic (exact) mass is 237 g/mol. The van der Waals surface area contributed by atoms with E-state index in [9.17, 15) is 18.0 Å². The summed E-state index contributed by atoms with van der Waals surface area (Å²) in [5.41, 5.74) is 4.52. The van der Waals surface area contributed by atoms with Crippen LogP contribution in [-0.2, 0) is 0 Å². The largest absolute Gasteiger partial charge is 0.573 e. The average molecular weight is 237 g/mol. The second kappa shape index (κ2) is 4.01. The van der Waals surface area contributed by atoms with E-state index in [1.54, 1.807) is 0 Å². The number of carbonyl (C=O) groups excluding carboxylic acids is 1. The van der Waals surface area contributed by atoms with Crippen LogP contribution in [0, 0.1) is 0 Å². The second-order valence-electron chi connectivity index (χ2n) is 2.59. The Morgan fingerprint density at radius 2 is 2.00 bits per heavy atom. The molecule has 1 rings (SSSR count). The van der Waals surface area contributed by atoms with E-state index in [-0.39, 0.29) is 5.56 Å². The predicted molar refractivity (Wildman–Crippen MR) is 48.9 cm³/mol. The zero-order valence-corrected chi connectivity index (χ0v) is 8.10. The summed E-state index contributed by atoms with van der Waals surface area (Å²) in [6.07, 6.45) is -4.86. The Bertz CT molecular complexity index is 392. The van der Waals surface area contributed by atoms with E-state index in [2.05, 4.69) is 17.4 Å². The normalized spacial score (nSPS) is 11.2. The molecule has 0 spiro atoms. The highest BCUT2D eigenvalue weighted by Gasteiger charge is 2.32. The lowest BCUT2D eigenvalue weighted by Gasteiger charge is -2.11. The maximum Gasteiger partial charge on any atom is 0.573 e.